The van der Waals surface area contributed by atoms with E-state index in [9.17, 15) is 8.42 Å². The van der Waals surface area contributed by atoms with Crippen LogP contribution in [0, 0.1) is 5.92 Å². The topological polar surface area (TPSA) is 102 Å². The van der Waals surface area contributed by atoms with Crippen LogP contribution in [0.5, 0.6) is 0 Å². The van der Waals surface area contributed by atoms with E-state index >= 15 is 0 Å². The zero-order chi connectivity index (χ0) is 12.3. The van der Waals surface area contributed by atoms with E-state index in [1.165, 1.54) is 0 Å². The number of sulfone groups is 1. The Morgan fingerprint density at radius 1 is 1.47 bits per heavy atom. The van der Waals surface area contributed by atoms with Crippen LogP contribution in [0.3, 0.4) is 0 Å². The van der Waals surface area contributed by atoms with E-state index in [1.807, 2.05) is 0 Å². The molecular weight excluding hydrogens is 240 g/mol. The number of hydrogen-bond donors (Lipinski definition) is 2. The van der Waals surface area contributed by atoms with Gasteiger partial charge in [-0.2, -0.15) is 5.10 Å². The van der Waals surface area contributed by atoms with Gasteiger partial charge in [0.2, 0.25) is 0 Å². The summed E-state index contributed by atoms with van der Waals surface area (Å²) >= 11 is 0. The molecule has 1 aromatic rings. The van der Waals surface area contributed by atoms with Gasteiger partial charge in [-0.25, -0.2) is 13.4 Å². The van der Waals surface area contributed by atoms with Gasteiger partial charge in [0, 0.05) is 12.8 Å². The maximum Gasteiger partial charge on any atom is 0.150 e. The quantitative estimate of drug-likeness (QED) is 0.753. The zero-order valence-electron chi connectivity index (χ0n) is 9.72. The largest absolute Gasteiger partial charge is 0.330 e. The predicted octanol–water partition coefficient (Wildman–Crippen LogP) is -0.327. The molecule has 1 atom stereocenters. The van der Waals surface area contributed by atoms with Crippen molar-refractivity contribution in [1.29, 1.82) is 0 Å². The van der Waals surface area contributed by atoms with Gasteiger partial charge < -0.3 is 5.73 Å². The SMILES string of the molecule is NCCCc1n[nH]c(CC2CCS(=O)(=O)C2)n1. The minimum absolute atomic E-state index is 0.190. The smallest absolute Gasteiger partial charge is 0.150 e. The Kier molecular flexibility index (Phi) is 3.78. The van der Waals surface area contributed by atoms with Gasteiger partial charge in [-0.05, 0) is 25.3 Å². The lowest BCUT2D eigenvalue weighted by Gasteiger charge is -2.02. The molecule has 6 nitrogen and oxygen atoms in total. The van der Waals surface area contributed by atoms with Crippen LogP contribution < -0.4 is 5.73 Å². The van der Waals surface area contributed by atoms with Crippen LogP contribution in [-0.2, 0) is 22.7 Å². The van der Waals surface area contributed by atoms with E-state index in [-0.39, 0.29) is 11.7 Å². The lowest BCUT2D eigenvalue weighted by Crippen LogP contribution is -2.08. The maximum absolute atomic E-state index is 11.3. The molecule has 2 rings (SSSR count). The number of aryl methyl sites for hydroxylation is 1. The average molecular weight is 258 g/mol. The Bertz CT molecular complexity index is 468. The van der Waals surface area contributed by atoms with Gasteiger partial charge in [-0.1, -0.05) is 0 Å². The summed E-state index contributed by atoms with van der Waals surface area (Å²) in [4.78, 5) is 4.34. The van der Waals surface area contributed by atoms with E-state index in [0.29, 0.717) is 18.7 Å². The second-order valence-corrected chi connectivity index (χ2v) is 6.79. The van der Waals surface area contributed by atoms with Gasteiger partial charge in [-0.15, -0.1) is 0 Å². The minimum Gasteiger partial charge on any atom is -0.330 e. The Labute approximate surface area is 101 Å². The van der Waals surface area contributed by atoms with Crippen molar-refractivity contribution in [3.05, 3.63) is 11.6 Å². The highest BCUT2D eigenvalue weighted by molar-refractivity contribution is 7.91. The molecule has 1 aliphatic rings. The first-order chi connectivity index (χ1) is 8.09. The molecule has 2 heterocycles. The molecular formula is C10H18N4O2S. The maximum atomic E-state index is 11.3. The lowest BCUT2D eigenvalue weighted by molar-refractivity contribution is 0.570. The van der Waals surface area contributed by atoms with Gasteiger partial charge in [-0.3, -0.25) is 5.10 Å². The third kappa shape index (κ3) is 3.50. The summed E-state index contributed by atoms with van der Waals surface area (Å²) in [5, 5.41) is 6.96. The van der Waals surface area contributed by atoms with Crippen LogP contribution >= 0.6 is 0 Å². The molecule has 3 N–H and O–H groups in total. The zero-order valence-corrected chi connectivity index (χ0v) is 10.5. The Balaban J connectivity index is 1.89. The first kappa shape index (κ1) is 12.5. The molecule has 0 aliphatic carbocycles. The van der Waals surface area contributed by atoms with Crippen molar-refractivity contribution in [2.75, 3.05) is 18.1 Å². The van der Waals surface area contributed by atoms with Crippen molar-refractivity contribution in [2.45, 2.75) is 25.7 Å². The highest BCUT2D eigenvalue weighted by Gasteiger charge is 2.28. The molecule has 0 amide bonds. The molecule has 1 aliphatic heterocycles. The summed E-state index contributed by atoms with van der Waals surface area (Å²) < 4.78 is 22.6. The van der Waals surface area contributed by atoms with Crippen LogP contribution in [0.15, 0.2) is 0 Å². The van der Waals surface area contributed by atoms with Gasteiger partial charge in [0.1, 0.15) is 5.82 Å². The summed E-state index contributed by atoms with van der Waals surface area (Å²) in [5.74, 6) is 2.35. The third-order valence-corrected chi connectivity index (χ3v) is 4.83. The summed E-state index contributed by atoms with van der Waals surface area (Å²) in [7, 11) is -2.80. The normalized spacial score (nSPS) is 23.0. The number of rotatable bonds is 5. The molecule has 0 aromatic carbocycles. The number of H-pyrrole nitrogens is 1. The number of aromatic amines is 1. The number of nitrogens with two attached hydrogens (primary N) is 1. The Morgan fingerprint density at radius 3 is 2.94 bits per heavy atom. The first-order valence-corrected chi connectivity index (χ1v) is 7.72. The van der Waals surface area contributed by atoms with Gasteiger partial charge in [0.05, 0.1) is 11.5 Å². The fourth-order valence-electron chi connectivity index (χ4n) is 2.10. The minimum atomic E-state index is -2.80. The fraction of sp³-hybridized carbons (Fsp3) is 0.800. The monoisotopic (exact) mass is 258 g/mol. The molecule has 17 heavy (non-hydrogen) atoms. The van der Waals surface area contributed by atoms with E-state index in [0.717, 1.165) is 30.9 Å². The molecule has 7 heteroatoms. The summed E-state index contributed by atoms with van der Waals surface area (Å²) in [6.45, 7) is 0.630. The van der Waals surface area contributed by atoms with E-state index < -0.39 is 9.84 Å². The average Bonchev–Trinajstić information content (AvgIpc) is 2.83. The predicted molar refractivity (Wildman–Crippen MR) is 64.2 cm³/mol. The fourth-order valence-corrected chi connectivity index (χ4v) is 3.97. The first-order valence-electron chi connectivity index (χ1n) is 5.90. The van der Waals surface area contributed by atoms with Gasteiger partial charge in [0.15, 0.2) is 15.7 Å². The van der Waals surface area contributed by atoms with E-state index in [1.54, 1.807) is 0 Å². The Morgan fingerprint density at radius 2 is 2.29 bits per heavy atom. The summed E-state index contributed by atoms with van der Waals surface area (Å²) in [5.41, 5.74) is 5.41. The molecule has 0 spiro atoms. The molecule has 1 saturated heterocycles. The van der Waals surface area contributed by atoms with E-state index in [4.69, 9.17) is 5.73 Å². The molecule has 1 fully saturated rings. The van der Waals surface area contributed by atoms with Crippen molar-refractivity contribution in [3.8, 4) is 0 Å². The second-order valence-electron chi connectivity index (χ2n) is 4.56. The Hall–Kier alpha value is -0.950. The van der Waals surface area contributed by atoms with Gasteiger partial charge >= 0.3 is 0 Å². The molecule has 0 bridgehead atoms. The molecule has 1 unspecified atom stereocenters. The third-order valence-electron chi connectivity index (χ3n) is 2.99. The molecule has 0 saturated carbocycles. The second kappa shape index (κ2) is 5.14. The number of hydrogen-bond acceptors (Lipinski definition) is 5. The van der Waals surface area contributed by atoms with Crippen LogP contribution in [0.1, 0.15) is 24.5 Å². The standard InChI is InChI=1S/C10H18N4O2S/c11-4-1-2-9-12-10(14-13-9)6-8-3-5-17(15,16)7-8/h8H,1-7,11H2,(H,12,13,14). The van der Waals surface area contributed by atoms with Crippen molar-refractivity contribution < 1.29 is 8.42 Å². The molecule has 1 aromatic heterocycles. The van der Waals surface area contributed by atoms with Gasteiger partial charge in [0.25, 0.3) is 0 Å². The van der Waals surface area contributed by atoms with Crippen molar-refractivity contribution >= 4 is 9.84 Å². The van der Waals surface area contributed by atoms with Crippen molar-refractivity contribution in [3.63, 3.8) is 0 Å². The number of aromatic nitrogens is 3. The number of nitrogens with one attached hydrogen (secondary N) is 1. The highest BCUT2D eigenvalue weighted by atomic mass is 32.2. The highest BCUT2D eigenvalue weighted by Crippen LogP contribution is 2.21. The lowest BCUT2D eigenvalue weighted by atomic mass is 10.1. The molecule has 0 radical (unpaired) electrons. The van der Waals surface area contributed by atoms with Crippen LogP contribution in [0.25, 0.3) is 0 Å². The summed E-state index contributed by atoms with van der Waals surface area (Å²) in [6.07, 6.45) is 3.06. The van der Waals surface area contributed by atoms with Crippen LogP contribution in [0.2, 0.25) is 0 Å². The summed E-state index contributed by atoms with van der Waals surface area (Å²) in [6, 6.07) is 0. The van der Waals surface area contributed by atoms with Crippen molar-refractivity contribution in [1.82, 2.24) is 15.2 Å². The molecule has 96 valence electrons. The van der Waals surface area contributed by atoms with Crippen molar-refractivity contribution in [2.24, 2.45) is 11.7 Å². The van der Waals surface area contributed by atoms with E-state index in [2.05, 4.69) is 15.2 Å². The van der Waals surface area contributed by atoms with Crippen LogP contribution in [-0.4, -0.2) is 41.6 Å². The number of nitrogens with zero attached hydrogens (tertiary/aromatic N) is 2. The van der Waals surface area contributed by atoms with Crippen LogP contribution in [0.4, 0.5) is 0 Å².